The van der Waals surface area contributed by atoms with Crippen molar-refractivity contribution in [2.45, 2.75) is 20.3 Å². The summed E-state index contributed by atoms with van der Waals surface area (Å²) in [5, 5.41) is 3.36. The summed E-state index contributed by atoms with van der Waals surface area (Å²) in [6.45, 7) is 5.38. The lowest BCUT2D eigenvalue weighted by Crippen LogP contribution is -2.23. The Morgan fingerprint density at radius 2 is 1.85 bits per heavy atom. The molecule has 0 aliphatic heterocycles. The smallest absolute Gasteiger partial charge is 0.227 e. The van der Waals surface area contributed by atoms with E-state index >= 15 is 0 Å². The minimum atomic E-state index is 0.616. The van der Waals surface area contributed by atoms with Gasteiger partial charge in [0, 0.05) is 37.7 Å². The maximum atomic E-state index is 5.68. The van der Waals surface area contributed by atoms with E-state index in [-0.39, 0.29) is 0 Å². The third-order valence-corrected chi connectivity index (χ3v) is 4.12. The predicted molar refractivity (Wildman–Crippen MR) is 109 cm³/mol. The van der Waals surface area contributed by atoms with Crippen molar-refractivity contribution in [2.75, 3.05) is 30.4 Å². The molecule has 2 aromatic heterocycles. The fourth-order valence-electron chi connectivity index (χ4n) is 2.72. The molecule has 0 atom stereocenters. The van der Waals surface area contributed by atoms with E-state index in [0.29, 0.717) is 12.6 Å². The quantitative estimate of drug-likeness (QED) is 0.653. The molecule has 0 amide bonds. The lowest BCUT2D eigenvalue weighted by molar-refractivity contribution is 0.342. The molecule has 27 heavy (non-hydrogen) atoms. The van der Waals surface area contributed by atoms with Gasteiger partial charge in [0.1, 0.15) is 11.6 Å². The van der Waals surface area contributed by atoms with Gasteiger partial charge in [-0.1, -0.05) is 12.1 Å². The Morgan fingerprint density at radius 1 is 1.07 bits per heavy atom. The largest absolute Gasteiger partial charge is 0.492 e. The van der Waals surface area contributed by atoms with Crippen LogP contribution in [0.3, 0.4) is 0 Å². The average molecular weight is 363 g/mol. The molecule has 0 unspecified atom stereocenters. The van der Waals surface area contributed by atoms with E-state index in [4.69, 9.17) is 4.74 Å². The number of rotatable bonds is 8. The molecule has 0 radical (unpaired) electrons. The Bertz CT molecular complexity index is 869. The van der Waals surface area contributed by atoms with Crippen LogP contribution in [-0.2, 0) is 6.42 Å². The number of hydrogen-bond donors (Lipinski definition) is 1. The number of ether oxygens (including phenoxy) is 1. The van der Waals surface area contributed by atoms with Gasteiger partial charge in [-0.05, 0) is 50.1 Å². The van der Waals surface area contributed by atoms with Gasteiger partial charge in [-0.2, -0.15) is 4.98 Å². The first-order chi connectivity index (χ1) is 13.2. The molecule has 6 heteroatoms. The molecule has 0 aliphatic carbocycles. The summed E-state index contributed by atoms with van der Waals surface area (Å²) in [7, 11) is 2.01. The highest BCUT2D eigenvalue weighted by atomic mass is 16.5. The van der Waals surface area contributed by atoms with Gasteiger partial charge in [-0.3, -0.25) is 4.98 Å². The van der Waals surface area contributed by atoms with Gasteiger partial charge in [0.25, 0.3) is 0 Å². The summed E-state index contributed by atoms with van der Waals surface area (Å²) >= 11 is 0. The molecule has 0 bridgehead atoms. The van der Waals surface area contributed by atoms with Crippen molar-refractivity contribution in [3.8, 4) is 5.75 Å². The Labute approximate surface area is 160 Å². The van der Waals surface area contributed by atoms with Crippen LogP contribution in [0.25, 0.3) is 0 Å². The maximum absolute atomic E-state index is 5.68. The molecule has 3 aromatic rings. The van der Waals surface area contributed by atoms with Gasteiger partial charge in [-0.15, -0.1) is 0 Å². The molecule has 3 rings (SSSR count). The van der Waals surface area contributed by atoms with Crippen molar-refractivity contribution >= 4 is 17.5 Å². The van der Waals surface area contributed by atoms with Gasteiger partial charge in [0.15, 0.2) is 0 Å². The minimum absolute atomic E-state index is 0.616. The molecule has 0 fully saturated rings. The summed E-state index contributed by atoms with van der Waals surface area (Å²) in [5.41, 5.74) is 3.04. The van der Waals surface area contributed by atoms with E-state index in [2.05, 4.69) is 25.2 Å². The van der Waals surface area contributed by atoms with E-state index in [1.54, 1.807) is 0 Å². The number of nitrogens with zero attached hydrogens (tertiary/aromatic N) is 4. The number of anilines is 3. The van der Waals surface area contributed by atoms with Gasteiger partial charge < -0.3 is 15.0 Å². The predicted octanol–water partition coefficient (Wildman–Crippen LogP) is 4.00. The number of aryl methyl sites for hydroxylation is 1. The van der Waals surface area contributed by atoms with Gasteiger partial charge >= 0.3 is 0 Å². The van der Waals surface area contributed by atoms with E-state index in [9.17, 15) is 0 Å². The summed E-state index contributed by atoms with van der Waals surface area (Å²) in [6.07, 6.45) is 4.54. The molecule has 2 heterocycles. The van der Waals surface area contributed by atoms with Crippen LogP contribution in [0.5, 0.6) is 5.75 Å². The van der Waals surface area contributed by atoms with Crippen molar-refractivity contribution in [3.05, 3.63) is 66.1 Å². The molecule has 0 saturated carbocycles. The van der Waals surface area contributed by atoms with Crippen LogP contribution >= 0.6 is 0 Å². The first-order valence-electron chi connectivity index (χ1n) is 9.10. The van der Waals surface area contributed by atoms with Crippen molar-refractivity contribution in [1.29, 1.82) is 0 Å². The topological polar surface area (TPSA) is 63.2 Å². The molecule has 1 N–H and O–H groups in total. The van der Waals surface area contributed by atoms with E-state index in [1.807, 2.05) is 75.8 Å². The molecule has 6 nitrogen and oxygen atoms in total. The molecule has 140 valence electrons. The number of benzene rings is 1. The normalized spacial score (nSPS) is 10.5. The average Bonchev–Trinajstić information content (AvgIpc) is 2.68. The molecule has 1 aromatic carbocycles. The van der Waals surface area contributed by atoms with Gasteiger partial charge in [0.05, 0.1) is 12.3 Å². The molecule has 0 spiro atoms. The van der Waals surface area contributed by atoms with Crippen LogP contribution in [0, 0.1) is 6.92 Å². The first kappa shape index (κ1) is 18.6. The van der Waals surface area contributed by atoms with E-state index < -0.39 is 0 Å². The van der Waals surface area contributed by atoms with Crippen molar-refractivity contribution in [2.24, 2.45) is 0 Å². The van der Waals surface area contributed by atoms with Crippen LogP contribution in [0.4, 0.5) is 17.5 Å². The highest BCUT2D eigenvalue weighted by molar-refractivity contribution is 5.64. The van der Waals surface area contributed by atoms with Crippen molar-refractivity contribution in [1.82, 2.24) is 15.0 Å². The van der Waals surface area contributed by atoms with E-state index in [0.717, 1.165) is 35.9 Å². The van der Waals surface area contributed by atoms with Gasteiger partial charge in [-0.25, -0.2) is 4.98 Å². The second-order valence-corrected chi connectivity index (χ2v) is 6.28. The Balaban J connectivity index is 1.74. The van der Waals surface area contributed by atoms with Crippen molar-refractivity contribution in [3.63, 3.8) is 0 Å². The number of para-hydroxylation sites is 2. The standard InChI is InChI=1S/C21H25N5O/c1-4-27-19-8-6-5-7-18(19)24-20-15-16(2)23-21(25-20)26(3)14-11-17-9-12-22-13-10-17/h5-10,12-13,15H,4,11,14H2,1-3H3,(H,23,24,25). The van der Waals surface area contributed by atoms with Crippen LogP contribution in [-0.4, -0.2) is 35.2 Å². The summed E-state index contributed by atoms with van der Waals surface area (Å²) in [6, 6.07) is 13.9. The fourth-order valence-corrected chi connectivity index (χ4v) is 2.72. The first-order valence-corrected chi connectivity index (χ1v) is 9.10. The third-order valence-electron chi connectivity index (χ3n) is 4.12. The molecule has 0 saturated heterocycles. The zero-order valence-corrected chi connectivity index (χ0v) is 16.0. The monoisotopic (exact) mass is 363 g/mol. The fraction of sp³-hybridized carbons (Fsp3) is 0.286. The highest BCUT2D eigenvalue weighted by Gasteiger charge is 2.10. The minimum Gasteiger partial charge on any atom is -0.492 e. The summed E-state index contributed by atoms with van der Waals surface area (Å²) < 4.78 is 5.68. The maximum Gasteiger partial charge on any atom is 0.227 e. The second kappa shape index (κ2) is 8.98. The van der Waals surface area contributed by atoms with Crippen LogP contribution in [0.2, 0.25) is 0 Å². The van der Waals surface area contributed by atoms with Crippen molar-refractivity contribution < 1.29 is 4.74 Å². The third kappa shape index (κ3) is 5.17. The van der Waals surface area contributed by atoms with Crippen LogP contribution in [0.15, 0.2) is 54.9 Å². The zero-order valence-electron chi connectivity index (χ0n) is 16.0. The summed E-state index contributed by atoms with van der Waals surface area (Å²) in [4.78, 5) is 15.4. The Morgan fingerprint density at radius 3 is 2.63 bits per heavy atom. The van der Waals surface area contributed by atoms with Gasteiger partial charge in [0.2, 0.25) is 5.95 Å². The molecular weight excluding hydrogens is 338 g/mol. The van der Waals surface area contributed by atoms with E-state index in [1.165, 1.54) is 5.56 Å². The number of aromatic nitrogens is 3. The highest BCUT2D eigenvalue weighted by Crippen LogP contribution is 2.27. The zero-order chi connectivity index (χ0) is 19.1. The lowest BCUT2D eigenvalue weighted by atomic mass is 10.2. The summed E-state index contributed by atoms with van der Waals surface area (Å²) in [5.74, 6) is 2.25. The van der Waals surface area contributed by atoms with Crippen LogP contribution < -0.4 is 15.0 Å². The Hall–Kier alpha value is -3.15. The van der Waals surface area contributed by atoms with Crippen LogP contribution in [0.1, 0.15) is 18.2 Å². The number of likely N-dealkylation sites (N-methyl/N-ethyl adjacent to an activating group) is 1. The number of nitrogens with one attached hydrogen (secondary N) is 1. The SMILES string of the molecule is CCOc1ccccc1Nc1cc(C)nc(N(C)CCc2ccncc2)n1. The number of hydrogen-bond acceptors (Lipinski definition) is 6. The second-order valence-electron chi connectivity index (χ2n) is 6.28. The Kier molecular flexibility index (Phi) is 6.20. The lowest BCUT2D eigenvalue weighted by Gasteiger charge is -2.19. The molecular formula is C21H25N5O. The molecule has 0 aliphatic rings. The number of pyridine rings is 1.